The quantitative estimate of drug-likeness (QED) is 0.860. The molecule has 1 unspecified atom stereocenters. The van der Waals surface area contributed by atoms with Crippen molar-refractivity contribution >= 4 is 17.8 Å². The van der Waals surface area contributed by atoms with Gasteiger partial charge in [0.2, 0.25) is 17.8 Å². The molecule has 1 fully saturated rings. The summed E-state index contributed by atoms with van der Waals surface area (Å²) in [6, 6.07) is 0.562. The minimum absolute atomic E-state index is 0.562. The number of anilines is 3. The van der Waals surface area contributed by atoms with Gasteiger partial charge in [-0.2, -0.15) is 15.0 Å². The van der Waals surface area contributed by atoms with Crippen molar-refractivity contribution in [3.05, 3.63) is 0 Å². The summed E-state index contributed by atoms with van der Waals surface area (Å²) >= 11 is 0. The summed E-state index contributed by atoms with van der Waals surface area (Å²) in [5, 5.41) is 3.05. The predicted octanol–water partition coefficient (Wildman–Crippen LogP) is 2.14. The van der Waals surface area contributed by atoms with E-state index in [-0.39, 0.29) is 0 Å². The van der Waals surface area contributed by atoms with Crippen molar-refractivity contribution in [1.82, 2.24) is 15.0 Å². The molecule has 0 bridgehead atoms. The summed E-state index contributed by atoms with van der Waals surface area (Å²) in [5.74, 6) is 2.24. The van der Waals surface area contributed by atoms with Crippen LogP contribution in [0.2, 0.25) is 0 Å². The largest absolute Gasteiger partial charge is 0.357 e. The van der Waals surface area contributed by atoms with Crippen molar-refractivity contribution in [2.45, 2.75) is 46.1 Å². The van der Waals surface area contributed by atoms with Gasteiger partial charge in [0.1, 0.15) is 0 Å². The van der Waals surface area contributed by atoms with Crippen LogP contribution in [0, 0.1) is 0 Å². The van der Waals surface area contributed by atoms with Gasteiger partial charge >= 0.3 is 0 Å². The second kappa shape index (κ2) is 6.72. The summed E-state index contributed by atoms with van der Waals surface area (Å²) in [4.78, 5) is 18.2. The molecule has 1 N–H and O–H groups in total. The minimum atomic E-state index is 0.562. The van der Waals surface area contributed by atoms with Gasteiger partial charge in [-0.1, -0.05) is 6.92 Å². The normalized spacial score (nSPS) is 18.4. The Hall–Kier alpha value is -1.59. The molecule has 112 valence electrons. The fourth-order valence-corrected chi connectivity index (χ4v) is 2.77. The Kier molecular flexibility index (Phi) is 4.98. The summed E-state index contributed by atoms with van der Waals surface area (Å²) in [6.07, 6.45) is 3.60. The number of hydrogen-bond acceptors (Lipinski definition) is 6. The van der Waals surface area contributed by atoms with Crippen LogP contribution in [-0.4, -0.2) is 47.7 Å². The Morgan fingerprint density at radius 3 is 2.55 bits per heavy atom. The molecule has 6 heteroatoms. The lowest BCUT2D eigenvalue weighted by atomic mass is 10.2. The average molecular weight is 278 g/mol. The highest BCUT2D eigenvalue weighted by Crippen LogP contribution is 2.26. The van der Waals surface area contributed by atoms with E-state index in [0.29, 0.717) is 12.0 Å². The van der Waals surface area contributed by atoms with E-state index in [0.717, 1.165) is 38.0 Å². The van der Waals surface area contributed by atoms with Crippen molar-refractivity contribution < 1.29 is 0 Å². The first-order chi connectivity index (χ1) is 9.73. The molecule has 0 amide bonds. The highest BCUT2D eigenvalue weighted by molar-refractivity contribution is 5.46. The first-order valence-electron chi connectivity index (χ1n) is 7.68. The first kappa shape index (κ1) is 14.8. The number of rotatable bonds is 6. The lowest BCUT2D eigenvalue weighted by Gasteiger charge is -2.26. The van der Waals surface area contributed by atoms with Gasteiger partial charge in [0.05, 0.1) is 0 Å². The molecule has 2 rings (SSSR count). The Bertz CT molecular complexity index is 432. The third-order valence-corrected chi connectivity index (χ3v) is 3.99. The summed E-state index contributed by atoms with van der Waals surface area (Å²) in [6.45, 7) is 9.33. The molecular weight excluding hydrogens is 252 g/mol. The molecule has 1 aliphatic rings. The molecule has 1 atom stereocenters. The van der Waals surface area contributed by atoms with Crippen LogP contribution in [0.5, 0.6) is 0 Å². The van der Waals surface area contributed by atoms with Crippen molar-refractivity contribution in [2.24, 2.45) is 0 Å². The van der Waals surface area contributed by atoms with Gasteiger partial charge in [-0.05, 0) is 33.1 Å². The van der Waals surface area contributed by atoms with E-state index in [1.807, 2.05) is 7.05 Å². The molecule has 1 saturated heterocycles. The maximum Gasteiger partial charge on any atom is 0.232 e. The summed E-state index contributed by atoms with van der Waals surface area (Å²) in [5.41, 5.74) is 0. The zero-order valence-corrected chi connectivity index (χ0v) is 13.1. The van der Waals surface area contributed by atoms with Crippen molar-refractivity contribution in [2.75, 3.05) is 41.8 Å². The zero-order valence-electron chi connectivity index (χ0n) is 13.1. The van der Waals surface area contributed by atoms with E-state index >= 15 is 0 Å². The molecular formula is C14H26N6. The van der Waals surface area contributed by atoms with E-state index < -0.39 is 0 Å². The van der Waals surface area contributed by atoms with Crippen LogP contribution in [-0.2, 0) is 0 Å². The lowest BCUT2D eigenvalue weighted by molar-refractivity contribution is 0.632. The van der Waals surface area contributed by atoms with Gasteiger partial charge in [-0.15, -0.1) is 0 Å². The fraction of sp³-hybridized carbons (Fsp3) is 0.786. The van der Waals surface area contributed by atoms with Crippen LogP contribution in [0.4, 0.5) is 17.8 Å². The maximum absolute atomic E-state index is 4.69. The average Bonchev–Trinajstić information content (AvgIpc) is 2.96. The molecule has 20 heavy (non-hydrogen) atoms. The number of nitrogens with one attached hydrogen (secondary N) is 1. The van der Waals surface area contributed by atoms with Crippen molar-refractivity contribution in [3.8, 4) is 0 Å². The second-order valence-corrected chi connectivity index (χ2v) is 5.08. The van der Waals surface area contributed by atoms with Crippen LogP contribution < -0.4 is 15.1 Å². The van der Waals surface area contributed by atoms with Crippen LogP contribution in [0.25, 0.3) is 0 Å². The van der Waals surface area contributed by atoms with Crippen molar-refractivity contribution in [3.63, 3.8) is 0 Å². The Labute approximate surface area is 121 Å². The van der Waals surface area contributed by atoms with E-state index in [4.69, 9.17) is 4.98 Å². The van der Waals surface area contributed by atoms with Crippen LogP contribution in [0.15, 0.2) is 0 Å². The number of hydrogen-bond donors (Lipinski definition) is 1. The standard InChI is InChI=1S/C14H26N6/c1-5-11-9-8-10-20(11)14-17-12(15-4)16-13(18-14)19(6-2)7-3/h11H,5-10H2,1-4H3,(H,15,16,17,18). The number of nitrogens with zero attached hydrogens (tertiary/aromatic N) is 5. The first-order valence-corrected chi connectivity index (χ1v) is 7.68. The van der Waals surface area contributed by atoms with Gasteiger partial charge in [0.15, 0.2) is 0 Å². The summed E-state index contributed by atoms with van der Waals surface area (Å²) in [7, 11) is 1.85. The third kappa shape index (κ3) is 2.94. The maximum atomic E-state index is 4.69. The smallest absolute Gasteiger partial charge is 0.232 e. The Balaban J connectivity index is 2.34. The molecule has 0 saturated carbocycles. The minimum Gasteiger partial charge on any atom is -0.357 e. The molecule has 0 aliphatic carbocycles. The fourth-order valence-electron chi connectivity index (χ4n) is 2.77. The van der Waals surface area contributed by atoms with E-state index in [1.165, 1.54) is 12.8 Å². The predicted molar refractivity (Wildman–Crippen MR) is 83.6 cm³/mol. The highest BCUT2D eigenvalue weighted by atomic mass is 15.4. The third-order valence-electron chi connectivity index (χ3n) is 3.99. The molecule has 1 aromatic heterocycles. The second-order valence-electron chi connectivity index (χ2n) is 5.08. The van der Waals surface area contributed by atoms with Gasteiger partial charge in [0, 0.05) is 32.7 Å². The van der Waals surface area contributed by atoms with Gasteiger partial charge < -0.3 is 15.1 Å². The molecule has 0 spiro atoms. The number of aromatic nitrogens is 3. The molecule has 6 nitrogen and oxygen atoms in total. The molecule has 1 aromatic rings. The Morgan fingerprint density at radius 2 is 1.95 bits per heavy atom. The van der Waals surface area contributed by atoms with Crippen LogP contribution in [0.1, 0.15) is 40.0 Å². The molecule has 0 aromatic carbocycles. The molecule has 0 radical (unpaired) electrons. The van der Waals surface area contributed by atoms with E-state index in [2.05, 4.69) is 45.9 Å². The van der Waals surface area contributed by atoms with Crippen LogP contribution in [0.3, 0.4) is 0 Å². The van der Waals surface area contributed by atoms with Gasteiger partial charge in [0.25, 0.3) is 0 Å². The topological polar surface area (TPSA) is 57.2 Å². The van der Waals surface area contributed by atoms with E-state index in [1.54, 1.807) is 0 Å². The zero-order chi connectivity index (χ0) is 14.5. The summed E-state index contributed by atoms with van der Waals surface area (Å²) < 4.78 is 0. The van der Waals surface area contributed by atoms with Crippen molar-refractivity contribution in [1.29, 1.82) is 0 Å². The van der Waals surface area contributed by atoms with E-state index in [9.17, 15) is 0 Å². The Morgan fingerprint density at radius 1 is 1.20 bits per heavy atom. The van der Waals surface area contributed by atoms with Gasteiger partial charge in [-0.3, -0.25) is 0 Å². The SMILES string of the molecule is CCC1CCCN1c1nc(NC)nc(N(CC)CC)n1. The molecule has 1 aliphatic heterocycles. The van der Waals surface area contributed by atoms with Crippen LogP contribution >= 0.6 is 0 Å². The molecule has 2 heterocycles. The van der Waals surface area contributed by atoms with Gasteiger partial charge in [-0.25, -0.2) is 0 Å². The lowest BCUT2D eigenvalue weighted by Crippen LogP contribution is -2.32. The monoisotopic (exact) mass is 278 g/mol. The highest BCUT2D eigenvalue weighted by Gasteiger charge is 2.26.